The number of hydrogen-bond acceptors (Lipinski definition) is 5. The molecule has 0 aromatic heterocycles. The summed E-state index contributed by atoms with van der Waals surface area (Å²) in [6, 6.07) is 13.7. The highest BCUT2D eigenvalue weighted by Crippen LogP contribution is 2.32. The number of hydrazine groups is 1. The van der Waals surface area contributed by atoms with Crippen LogP contribution in [0, 0.1) is 0 Å². The van der Waals surface area contributed by atoms with Crippen LogP contribution in [-0.2, 0) is 11.3 Å². The van der Waals surface area contributed by atoms with Crippen LogP contribution in [0.25, 0.3) is 0 Å². The zero-order valence-electron chi connectivity index (χ0n) is 13.4. The van der Waals surface area contributed by atoms with E-state index < -0.39 is 0 Å². The lowest BCUT2D eigenvalue weighted by atomic mass is 10.0. The lowest BCUT2D eigenvalue weighted by Crippen LogP contribution is -2.42. The topological polar surface area (TPSA) is 71.6 Å². The van der Waals surface area contributed by atoms with Gasteiger partial charge in [0.25, 0.3) is 0 Å². The van der Waals surface area contributed by atoms with Gasteiger partial charge in [-0.25, -0.2) is 10.9 Å². The van der Waals surface area contributed by atoms with Gasteiger partial charge in [-0.15, -0.1) is 0 Å². The van der Waals surface area contributed by atoms with Crippen LogP contribution in [-0.4, -0.2) is 18.7 Å². The molecule has 2 unspecified atom stereocenters. The van der Waals surface area contributed by atoms with Gasteiger partial charge in [-0.1, -0.05) is 34.1 Å². The average Bonchev–Trinajstić information content (AvgIpc) is 3.29. The molecule has 0 spiro atoms. The van der Waals surface area contributed by atoms with Gasteiger partial charge in [0, 0.05) is 17.1 Å². The number of fused-ring (bicyclic) bond motifs is 1. The Labute approximate surface area is 154 Å². The molecular weight excluding hydrogens is 386 g/mol. The Balaban J connectivity index is 1.32. The highest BCUT2D eigenvalue weighted by Gasteiger charge is 2.29. The minimum atomic E-state index is -0.261. The third kappa shape index (κ3) is 3.63. The van der Waals surface area contributed by atoms with Crippen molar-refractivity contribution in [2.45, 2.75) is 25.0 Å². The summed E-state index contributed by atoms with van der Waals surface area (Å²) in [7, 11) is 0. The van der Waals surface area contributed by atoms with E-state index >= 15 is 0 Å². The molecule has 1 fully saturated rings. The third-order valence-electron chi connectivity index (χ3n) is 4.40. The Morgan fingerprint density at radius 1 is 1.12 bits per heavy atom. The maximum absolute atomic E-state index is 12.4. The summed E-state index contributed by atoms with van der Waals surface area (Å²) in [6.07, 6.45) is 0.703. The Bertz CT molecular complexity index is 782. The highest BCUT2D eigenvalue weighted by atomic mass is 79.9. The van der Waals surface area contributed by atoms with Crippen LogP contribution in [0.15, 0.2) is 46.9 Å². The first-order valence-corrected chi connectivity index (χ1v) is 8.91. The SMILES string of the molecule is O=C(NCc1ccc2c(c1)OCO2)C1CC(c2ccc(Br)cc2)NN1. The molecule has 4 rings (SSSR count). The fourth-order valence-electron chi connectivity index (χ4n) is 3.01. The molecule has 0 saturated carbocycles. The Morgan fingerprint density at radius 2 is 1.92 bits per heavy atom. The smallest absolute Gasteiger partial charge is 0.238 e. The van der Waals surface area contributed by atoms with E-state index in [1.54, 1.807) is 0 Å². The van der Waals surface area contributed by atoms with Crippen LogP contribution in [0.2, 0.25) is 0 Å². The van der Waals surface area contributed by atoms with E-state index in [0.29, 0.717) is 13.0 Å². The van der Waals surface area contributed by atoms with Crippen LogP contribution in [0.4, 0.5) is 0 Å². The minimum Gasteiger partial charge on any atom is -0.454 e. The van der Waals surface area contributed by atoms with E-state index in [9.17, 15) is 4.79 Å². The summed E-state index contributed by atoms with van der Waals surface area (Å²) in [4.78, 5) is 12.4. The van der Waals surface area contributed by atoms with Crippen LogP contribution < -0.4 is 25.6 Å². The average molecular weight is 404 g/mol. The van der Waals surface area contributed by atoms with E-state index in [1.807, 2.05) is 30.3 Å². The highest BCUT2D eigenvalue weighted by molar-refractivity contribution is 9.10. The van der Waals surface area contributed by atoms with Gasteiger partial charge in [0.05, 0.1) is 0 Å². The van der Waals surface area contributed by atoms with E-state index in [2.05, 4.69) is 44.2 Å². The number of rotatable bonds is 4. The van der Waals surface area contributed by atoms with Gasteiger partial charge < -0.3 is 14.8 Å². The third-order valence-corrected chi connectivity index (χ3v) is 4.92. The van der Waals surface area contributed by atoms with Crippen molar-refractivity contribution in [3.05, 3.63) is 58.1 Å². The van der Waals surface area contributed by atoms with Gasteiger partial charge in [0.1, 0.15) is 6.04 Å². The van der Waals surface area contributed by atoms with Crippen molar-refractivity contribution in [1.82, 2.24) is 16.2 Å². The maximum atomic E-state index is 12.4. The van der Waals surface area contributed by atoms with Gasteiger partial charge >= 0.3 is 0 Å². The molecule has 0 radical (unpaired) electrons. The van der Waals surface area contributed by atoms with Crippen molar-refractivity contribution in [3.63, 3.8) is 0 Å². The predicted octanol–water partition coefficient (Wildman–Crippen LogP) is 2.40. The summed E-state index contributed by atoms with van der Waals surface area (Å²) < 4.78 is 11.7. The zero-order valence-corrected chi connectivity index (χ0v) is 15.0. The number of benzene rings is 2. The van der Waals surface area contributed by atoms with Gasteiger partial charge in [-0.3, -0.25) is 4.79 Å². The predicted molar refractivity (Wildman–Crippen MR) is 96.0 cm³/mol. The van der Waals surface area contributed by atoms with Crippen molar-refractivity contribution in [2.24, 2.45) is 0 Å². The first kappa shape index (κ1) is 16.4. The van der Waals surface area contributed by atoms with Crippen molar-refractivity contribution in [1.29, 1.82) is 0 Å². The van der Waals surface area contributed by atoms with Crippen molar-refractivity contribution < 1.29 is 14.3 Å². The molecule has 2 heterocycles. The largest absolute Gasteiger partial charge is 0.454 e. The van der Waals surface area contributed by atoms with Crippen molar-refractivity contribution in [2.75, 3.05) is 6.79 Å². The maximum Gasteiger partial charge on any atom is 0.238 e. The molecule has 6 nitrogen and oxygen atoms in total. The monoisotopic (exact) mass is 403 g/mol. The van der Waals surface area contributed by atoms with E-state index in [-0.39, 0.29) is 24.8 Å². The molecule has 1 saturated heterocycles. The number of halogens is 1. The molecule has 2 aliphatic heterocycles. The standard InChI is InChI=1S/C18H18BrN3O3/c19-13-4-2-12(3-5-13)14-8-15(22-21-14)18(23)20-9-11-1-6-16-17(7-11)25-10-24-16/h1-7,14-15,21-22H,8-10H2,(H,20,23). The first-order chi connectivity index (χ1) is 12.2. The number of ether oxygens (including phenoxy) is 2. The lowest BCUT2D eigenvalue weighted by molar-refractivity contribution is -0.123. The summed E-state index contributed by atoms with van der Waals surface area (Å²) >= 11 is 3.43. The fraction of sp³-hybridized carbons (Fsp3) is 0.278. The molecule has 3 N–H and O–H groups in total. The van der Waals surface area contributed by atoms with Crippen LogP contribution >= 0.6 is 15.9 Å². The van der Waals surface area contributed by atoms with Crippen LogP contribution in [0.5, 0.6) is 11.5 Å². The van der Waals surface area contributed by atoms with Crippen LogP contribution in [0.3, 0.4) is 0 Å². The van der Waals surface area contributed by atoms with Crippen molar-refractivity contribution >= 4 is 21.8 Å². The molecule has 2 atom stereocenters. The second-order valence-electron chi connectivity index (χ2n) is 6.09. The van der Waals surface area contributed by atoms with E-state index in [0.717, 1.165) is 27.1 Å². The number of amides is 1. The fourth-order valence-corrected chi connectivity index (χ4v) is 3.27. The Kier molecular flexibility index (Phi) is 4.61. The molecule has 2 aromatic rings. The molecule has 7 heteroatoms. The lowest BCUT2D eigenvalue weighted by Gasteiger charge is -2.11. The zero-order chi connectivity index (χ0) is 17.2. The Morgan fingerprint density at radius 3 is 2.76 bits per heavy atom. The molecular formula is C18H18BrN3O3. The van der Waals surface area contributed by atoms with E-state index in [4.69, 9.17) is 9.47 Å². The van der Waals surface area contributed by atoms with Crippen LogP contribution in [0.1, 0.15) is 23.6 Å². The number of nitrogens with one attached hydrogen (secondary N) is 3. The minimum absolute atomic E-state index is 0.0234. The molecule has 130 valence electrons. The molecule has 2 aromatic carbocycles. The second kappa shape index (κ2) is 7.03. The molecule has 2 aliphatic rings. The van der Waals surface area contributed by atoms with Gasteiger partial charge in [-0.05, 0) is 41.8 Å². The molecule has 25 heavy (non-hydrogen) atoms. The van der Waals surface area contributed by atoms with Gasteiger partial charge in [0.15, 0.2) is 11.5 Å². The summed E-state index contributed by atoms with van der Waals surface area (Å²) in [5.74, 6) is 1.45. The quantitative estimate of drug-likeness (QED) is 0.730. The number of hydrogen-bond donors (Lipinski definition) is 3. The van der Waals surface area contributed by atoms with E-state index in [1.165, 1.54) is 0 Å². The number of carbonyl (C=O) groups excluding carboxylic acids is 1. The van der Waals surface area contributed by atoms with Gasteiger partial charge in [0.2, 0.25) is 12.7 Å². The first-order valence-electron chi connectivity index (χ1n) is 8.12. The molecule has 0 bridgehead atoms. The normalized spacial score (nSPS) is 21.3. The summed E-state index contributed by atoms with van der Waals surface area (Å²) in [5.41, 5.74) is 8.41. The second-order valence-corrected chi connectivity index (χ2v) is 7.00. The molecule has 0 aliphatic carbocycles. The summed E-state index contributed by atoms with van der Waals surface area (Å²) in [5, 5.41) is 2.97. The Hall–Kier alpha value is -2.09. The summed E-state index contributed by atoms with van der Waals surface area (Å²) in [6.45, 7) is 0.705. The van der Waals surface area contributed by atoms with Gasteiger partial charge in [-0.2, -0.15) is 0 Å². The number of carbonyl (C=O) groups is 1. The van der Waals surface area contributed by atoms with Crippen molar-refractivity contribution in [3.8, 4) is 11.5 Å². The molecule has 1 amide bonds.